The quantitative estimate of drug-likeness (QED) is 0.714. The molecule has 0 saturated heterocycles. The first-order chi connectivity index (χ1) is 11.5. The van der Waals surface area contributed by atoms with E-state index in [2.05, 4.69) is 48.0 Å². The Morgan fingerprint density at radius 3 is 2.83 bits per heavy atom. The van der Waals surface area contributed by atoms with E-state index in [1.807, 2.05) is 36.9 Å². The van der Waals surface area contributed by atoms with Crippen LogP contribution in [0.1, 0.15) is 28.5 Å². The standard InChI is InChI=1S/C20H20N2OS/c1-12-6-4-8-16(14(12)3)21-20(23)17-10-15-7-5-9-18-19(15)22(17)11-13(2)24-18/h4-10,13H,11H2,1-3H3,(H,21,23). The molecule has 1 N–H and O–H groups in total. The maximum Gasteiger partial charge on any atom is 0.272 e. The first-order valence-electron chi connectivity index (χ1n) is 8.21. The summed E-state index contributed by atoms with van der Waals surface area (Å²) in [5.41, 5.74) is 5.11. The summed E-state index contributed by atoms with van der Waals surface area (Å²) < 4.78 is 2.17. The van der Waals surface area contributed by atoms with E-state index < -0.39 is 0 Å². The lowest BCUT2D eigenvalue weighted by Gasteiger charge is -2.22. The highest BCUT2D eigenvalue weighted by Crippen LogP contribution is 2.38. The number of nitrogens with zero attached hydrogens (tertiary/aromatic N) is 1. The highest BCUT2D eigenvalue weighted by molar-refractivity contribution is 8.00. The summed E-state index contributed by atoms with van der Waals surface area (Å²) in [6.45, 7) is 7.17. The van der Waals surface area contributed by atoms with Crippen LogP contribution >= 0.6 is 11.8 Å². The zero-order valence-electron chi connectivity index (χ0n) is 14.1. The largest absolute Gasteiger partial charge is 0.334 e. The van der Waals surface area contributed by atoms with Gasteiger partial charge < -0.3 is 9.88 Å². The maximum atomic E-state index is 12.9. The van der Waals surface area contributed by atoms with Crippen molar-refractivity contribution in [2.24, 2.45) is 0 Å². The average molecular weight is 336 g/mol. The van der Waals surface area contributed by atoms with Crippen LogP contribution in [-0.4, -0.2) is 15.7 Å². The van der Waals surface area contributed by atoms with E-state index in [0.29, 0.717) is 5.25 Å². The van der Waals surface area contributed by atoms with E-state index in [1.54, 1.807) is 0 Å². The van der Waals surface area contributed by atoms with Gasteiger partial charge in [-0.1, -0.05) is 31.2 Å². The second kappa shape index (κ2) is 5.71. The summed E-state index contributed by atoms with van der Waals surface area (Å²) in [4.78, 5) is 14.2. The fourth-order valence-electron chi connectivity index (χ4n) is 3.35. The number of nitrogens with one attached hydrogen (secondary N) is 1. The Morgan fingerprint density at radius 1 is 1.21 bits per heavy atom. The molecular formula is C20H20N2OS. The summed E-state index contributed by atoms with van der Waals surface area (Å²) in [7, 11) is 0. The zero-order chi connectivity index (χ0) is 16.8. The van der Waals surface area contributed by atoms with Gasteiger partial charge in [0.1, 0.15) is 5.69 Å². The van der Waals surface area contributed by atoms with E-state index in [9.17, 15) is 4.79 Å². The van der Waals surface area contributed by atoms with Crippen LogP contribution in [0.25, 0.3) is 10.9 Å². The van der Waals surface area contributed by atoms with Crippen LogP contribution < -0.4 is 5.32 Å². The van der Waals surface area contributed by atoms with Gasteiger partial charge in [0.05, 0.1) is 5.52 Å². The molecule has 1 aliphatic rings. The maximum absolute atomic E-state index is 12.9. The van der Waals surface area contributed by atoms with Gasteiger partial charge in [-0.05, 0) is 43.2 Å². The van der Waals surface area contributed by atoms with Crippen molar-refractivity contribution in [3.05, 3.63) is 59.3 Å². The molecule has 0 radical (unpaired) electrons. The minimum Gasteiger partial charge on any atom is -0.334 e. The van der Waals surface area contributed by atoms with E-state index in [0.717, 1.165) is 28.9 Å². The van der Waals surface area contributed by atoms with Crippen LogP contribution in [-0.2, 0) is 6.54 Å². The second-order valence-electron chi connectivity index (χ2n) is 6.46. The molecule has 1 amide bonds. The second-order valence-corrected chi connectivity index (χ2v) is 7.94. The van der Waals surface area contributed by atoms with Gasteiger partial charge in [-0.15, -0.1) is 11.8 Å². The minimum atomic E-state index is -0.0371. The molecule has 1 aliphatic heterocycles. The van der Waals surface area contributed by atoms with Crippen LogP contribution in [0.2, 0.25) is 0 Å². The lowest BCUT2D eigenvalue weighted by Crippen LogP contribution is -2.22. The lowest BCUT2D eigenvalue weighted by atomic mass is 10.1. The lowest BCUT2D eigenvalue weighted by molar-refractivity contribution is 0.101. The highest BCUT2D eigenvalue weighted by Gasteiger charge is 2.24. The normalized spacial score (nSPS) is 16.4. The smallest absolute Gasteiger partial charge is 0.272 e. The number of anilines is 1. The molecule has 0 saturated carbocycles. The predicted molar refractivity (Wildman–Crippen MR) is 101 cm³/mol. The van der Waals surface area contributed by atoms with Gasteiger partial charge in [0.25, 0.3) is 5.91 Å². The van der Waals surface area contributed by atoms with Crippen molar-refractivity contribution in [1.82, 2.24) is 4.57 Å². The van der Waals surface area contributed by atoms with E-state index >= 15 is 0 Å². The van der Waals surface area contributed by atoms with Crippen molar-refractivity contribution in [3.63, 3.8) is 0 Å². The first-order valence-corrected chi connectivity index (χ1v) is 9.09. The number of hydrogen-bond acceptors (Lipinski definition) is 2. The number of aromatic nitrogens is 1. The third-order valence-electron chi connectivity index (χ3n) is 4.74. The Kier molecular flexibility index (Phi) is 3.65. The fraction of sp³-hybridized carbons (Fsp3) is 0.250. The molecule has 3 nitrogen and oxygen atoms in total. The van der Waals surface area contributed by atoms with Crippen LogP contribution in [0.5, 0.6) is 0 Å². The van der Waals surface area contributed by atoms with Gasteiger partial charge in [-0.25, -0.2) is 0 Å². The summed E-state index contributed by atoms with van der Waals surface area (Å²) in [5, 5.41) is 4.69. The Labute approximate surface area is 146 Å². The van der Waals surface area contributed by atoms with Crippen LogP contribution in [0, 0.1) is 13.8 Å². The van der Waals surface area contributed by atoms with Crippen molar-refractivity contribution in [2.45, 2.75) is 37.5 Å². The molecule has 1 unspecified atom stereocenters. The molecular weight excluding hydrogens is 316 g/mol. The SMILES string of the molecule is Cc1cccc(NC(=O)c2cc3cccc4c3n2CC(C)S4)c1C. The number of carbonyl (C=O) groups excluding carboxylic acids is 1. The number of rotatable bonds is 2. The molecule has 1 aromatic heterocycles. The third-order valence-corrected chi connectivity index (χ3v) is 5.87. The van der Waals surface area contributed by atoms with E-state index in [1.165, 1.54) is 16.0 Å². The Morgan fingerprint density at radius 2 is 2.00 bits per heavy atom. The van der Waals surface area contributed by atoms with Crippen LogP contribution in [0.4, 0.5) is 5.69 Å². The molecule has 4 rings (SSSR count). The number of carbonyl (C=O) groups is 1. The number of hydrogen-bond donors (Lipinski definition) is 1. The number of amides is 1. The van der Waals surface area contributed by atoms with Crippen molar-refractivity contribution in [3.8, 4) is 0 Å². The number of aryl methyl sites for hydroxylation is 1. The average Bonchev–Trinajstić information content (AvgIpc) is 2.92. The number of thioether (sulfide) groups is 1. The van der Waals surface area contributed by atoms with E-state index in [-0.39, 0.29) is 5.91 Å². The van der Waals surface area contributed by atoms with Gasteiger partial charge in [-0.3, -0.25) is 4.79 Å². The van der Waals surface area contributed by atoms with Crippen LogP contribution in [0.15, 0.2) is 47.4 Å². The van der Waals surface area contributed by atoms with Crippen molar-refractivity contribution >= 4 is 34.3 Å². The molecule has 24 heavy (non-hydrogen) atoms. The van der Waals surface area contributed by atoms with Crippen molar-refractivity contribution < 1.29 is 4.79 Å². The topological polar surface area (TPSA) is 34.0 Å². The number of para-hydroxylation sites is 1. The summed E-state index contributed by atoms with van der Waals surface area (Å²) in [5.74, 6) is -0.0371. The van der Waals surface area contributed by atoms with Crippen molar-refractivity contribution in [1.29, 1.82) is 0 Å². The molecule has 3 aromatic rings. The molecule has 0 fully saturated rings. The van der Waals surface area contributed by atoms with Gasteiger partial charge in [0.15, 0.2) is 0 Å². The Balaban J connectivity index is 1.77. The van der Waals surface area contributed by atoms with E-state index in [4.69, 9.17) is 0 Å². The molecule has 2 heterocycles. The van der Waals surface area contributed by atoms with Crippen LogP contribution in [0.3, 0.4) is 0 Å². The summed E-state index contributed by atoms with van der Waals surface area (Å²) in [6.07, 6.45) is 0. The Bertz CT molecular complexity index is 958. The third kappa shape index (κ3) is 2.42. The Hall–Kier alpha value is -2.20. The highest BCUT2D eigenvalue weighted by atomic mass is 32.2. The molecule has 4 heteroatoms. The monoisotopic (exact) mass is 336 g/mol. The molecule has 0 bridgehead atoms. The molecule has 2 aromatic carbocycles. The minimum absolute atomic E-state index is 0.0371. The fourth-order valence-corrected chi connectivity index (χ4v) is 4.50. The van der Waals surface area contributed by atoms with Gasteiger partial charge >= 0.3 is 0 Å². The van der Waals surface area contributed by atoms with Crippen molar-refractivity contribution in [2.75, 3.05) is 5.32 Å². The molecule has 122 valence electrons. The molecule has 1 atom stereocenters. The zero-order valence-corrected chi connectivity index (χ0v) is 14.9. The van der Waals surface area contributed by atoms with Gasteiger partial charge in [0.2, 0.25) is 0 Å². The summed E-state index contributed by atoms with van der Waals surface area (Å²) >= 11 is 1.89. The predicted octanol–water partition coefficient (Wildman–Crippen LogP) is 5.00. The first kappa shape index (κ1) is 15.3. The molecule has 0 aliphatic carbocycles. The number of benzene rings is 2. The summed E-state index contributed by atoms with van der Waals surface area (Å²) in [6, 6.07) is 14.3. The van der Waals surface area contributed by atoms with Gasteiger partial charge in [0, 0.05) is 27.8 Å². The van der Waals surface area contributed by atoms with Gasteiger partial charge in [-0.2, -0.15) is 0 Å². The molecule has 0 spiro atoms.